The van der Waals surface area contributed by atoms with Gasteiger partial charge in [0.25, 0.3) is 0 Å². The highest BCUT2D eigenvalue weighted by atomic mass is 16.5. The van der Waals surface area contributed by atoms with E-state index >= 15 is 0 Å². The van der Waals surface area contributed by atoms with Gasteiger partial charge >= 0.3 is 0 Å². The first-order chi connectivity index (χ1) is 18.7. The average molecular weight is 505 g/mol. The van der Waals surface area contributed by atoms with Crippen LogP contribution in [0.25, 0.3) is 57.5 Å². The third-order valence-electron chi connectivity index (χ3n) is 6.24. The summed E-state index contributed by atoms with van der Waals surface area (Å²) >= 11 is 0. The number of nitrogens with one attached hydrogen (secondary N) is 2. The van der Waals surface area contributed by atoms with E-state index in [1.165, 1.54) is 0 Å². The Hall–Kier alpha value is -4.46. The van der Waals surface area contributed by atoms with Gasteiger partial charge < -0.3 is 24.2 Å². The van der Waals surface area contributed by atoms with Crippen molar-refractivity contribution in [1.29, 1.82) is 0 Å². The molecule has 38 heavy (non-hydrogen) atoms. The van der Waals surface area contributed by atoms with Crippen LogP contribution in [0.1, 0.15) is 22.8 Å². The lowest BCUT2D eigenvalue weighted by Crippen LogP contribution is -2.09. The molecular weight excluding hydrogens is 476 g/mol. The first kappa shape index (κ1) is 23.9. The van der Waals surface area contributed by atoms with Gasteiger partial charge in [0, 0.05) is 34.7 Å². The monoisotopic (exact) mass is 504 g/mol. The van der Waals surface area contributed by atoms with Crippen molar-refractivity contribution in [3.63, 3.8) is 0 Å². The Morgan fingerprint density at radius 3 is 2.13 bits per heavy atom. The van der Waals surface area contributed by atoms with Crippen LogP contribution in [0.4, 0.5) is 0 Å². The van der Waals surface area contributed by atoms with E-state index in [4.69, 9.17) is 24.2 Å². The molecule has 2 aliphatic rings. The normalized spacial score (nSPS) is 12.2. The first-order valence-corrected chi connectivity index (χ1v) is 12.6. The summed E-state index contributed by atoms with van der Waals surface area (Å²) in [5.74, 6) is 0.795. The molecule has 3 aromatic heterocycles. The van der Waals surface area contributed by atoms with Crippen LogP contribution in [-0.4, -0.2) is 53.5 Å². The molecule has 7 nitrogen and oxygen atoms in total. The summed E-state index contributed by atoms with van der Waals surface area (Å²) in [4.78, 5) is 16.5. The summed E-state index contributed by atoms with van der Waals surface area (Å²) < 4.78 is 16.5. The molecule has 2 aliphatic heterocycles. The fourth-order valence-corrected chi connectivity index (χ4v) is 4.47. The number of hydrogen-bond donors (Lipinski definition) is 2. The highest BCUT2D eigenvalue weighted by Crippen LogP contribution is 2.30. The number of hydrogen-bond acceptors (Lipinski definition) is 5. The smallest absolute Gasteiger partial charge is 0.120 e. The molecule has 190 valence electrons. The van der Waals surface area contributed by atoms with E-state index in [9.17, 15) is 0 Å². The van der Waals surface area contributed by atoms with Crippen LogP contribution in [-0.2, 0) is 9.47 Å². The van der Waals surface area contributed by atoms with E-state index in [-0.39, 0.29) is 0 Å². The molecule has 0 atom stereocenters. The Labute approximate surface area is 220 Å². The van der Waals surface area contributed by atoms with E-state index in [2.05, 4.69) is 52.4 Å². The Balaban J connectivity index is 1.41. The molecule has 0 amide bonds. The molecule has 8 bridgehead atoms. The lowest BCUT2D eigenvalue weighted by molar-refractivity contribution is 0.0544. The fourth-order valence-electron chi connectivity index (χ4n) is 4.47. The second-order valence-electron chi connectivity index (χ2n) is 9.07. The minimum absolute atomic E-state index is 0.473. The van der Waals surface area contributed by atoms with E-state index in [1.807, 2.05) is 48.6 Å². The number of nitrogens with zero attached hydrogens (tertiary/aromatic N) is 2. The van der Waals surface area contributed by atoms with Crippen LogP contribution in [0.2, 0.25) is 0 Å². The lowest BCUT2D eigenvalue weighted by Gasteiger charge is -2.08. The number of methoxy groups -OCH3 is 1. The fraction of sp³-hybridized carbons (Fsp3) is 0.161. The number of fused-ring (bicyclic) bond motifs is 8. The van der Waals surface area contributed by atoms with Crippen molar-refractivity contribution in [2.75, 3.05) is 33.5 Å². The molecule has 1 aromatic carbocycles. The van der Waals surface area contributed by atoms with Gasteiger partial charge in [0.05, 0.1) is 42.6 Å². The highest BCUT2D eigenvalue weighted by Gasteiger charge is 2.08. The second-order valence-corrected chi connectivity index (χ2v) is 9.07. The van der Waals surface area contributed by atoms with Gasteiger partial charge in [-0.05, 0) is 84.5 Å². The first-order valence-electron chi connectivity index (χ1n) is 12.6. The number of H-pyrrole nitrogens is 2. The molecular formula is C31H28N4O3. The van der Waals surface area contributed by atoms with Gasteiger partial charge in [-0.3, -0.25) is 0 Å². The van der Waals surface area contributed by atoms with Crippen LogP contribution >= 0.6 is 0 Å². The number of aromatic amines is 2. The summed E-state index contributed by atoms with van der Waals surface area (Å²) in [5, 5.41) is 0. The van der Waals surface area contributed by atoms with Crippen LogP contribution < -0.4 is 4.74 Å². The molecule has 0 saturated carbocycles. The minimum atomic E-state index is 0.473. The van der Waals surface area contributed by atoms with Crippen LogP contribution in [0, 0.1) is 0 Å². The van der Waals surface area contributed by atoms with Gasteiger partial charge in [0.1, 0.15) is 12.4 Å². The average Bonchev–Trinajstić information content (AvgIpc) is 3.72. The summed E-state index contributed by atoms with van der Waals surface area (Å²) in [6.07, 6.45) is 8.05. The molecule has 5 heterocycles. The highest BCUT2D eigenvalue weighted by molar-refractivity contribution is 5.88. The van der Waals surface area contributed by atoms with E-state index in [1.54, 1.807) is 7.11 Å². The van der Waals surface area contributed by atoms with Crippen molar-refractivity contribution in [2.24, 2.45) is 0 Å². The van der Waals surface area contributed by atoms with Crippen molar-refractivity contribution in [2.45, 2.75) is 0 Å². The maximum absolute atomic E-state index is 5.95. The molecule has 0 fully saturated rings. The molecule has 6 rings (SSSR count). The number of ether oxygens (including phenoxy) is 3. The molecule has 0 saturated heterocycles. The van der Waals surface area contributed by atoms with Gasteiger partial charge in [0.2, 0.25) is 0 Å². The number of aromatic nitrogens is 4. The molecule has 2 N–H and O–H groups in total. The molecule has 0 unspecified atom stereocenters. The minimum Gasteiger partial charge on any atom is -0.491 e. The zero-order valence-electron chi connectivity index (χ0n) is 21.1. The summed E-state index contributed by atoms with van der Waals surface area (Å²) in [6, 6.07) is 22.6. The molecule has 0 radical (unpaired) electrons. The van der Waals surface area contributed by atoms with Crippen molar-refractivity contribution < 1.29 is 14.2 Å². The van der Waals surface area contributed by atoms with Crippen molar-refractivity contribution in [3.05, 3.63) is 89.5 Å². The zero-order valence-corrected chi connectivity index (χ0v) is 21.1. The molecule has 0 aliphatic carbocycles. The van der Waals surface area contributed by atoms with Crippen molar-refractivity contribution >= 4 is 46.4 Å². The van der Waals surface area contributed by atoms with Gasteiger partial charge in [-0.15, -0.1) is 0 Å². The summed E-state index contributed by atoms with van der Waals surface area (Å²) in [7, 11) is 1.66. The second kappa shape index (κ2) is 10.9. The Morgan fingerprint density at radius 1 is 0.632 bits per heavy atom. The van der Waals surface area contributed by atoms with Gasteiger partial charge in [-0.25, -0.2) is 9.97 Å². The Morgan fingerprint density at radius 2 is 1.34 bits per heavy atom. The van der Waals surface area contributed by atoms with Crippen LogP contribution in [0.15, 0.2) is 66.7 Å². The van der Waals surface area contributed by atoms with E-state index in [0.29, 0.717) is 26.4 Å². The van der Waals surface area contributed by atoms with Crippen LogP contribution in [0.3, 0.4) is 0 Å². The third kappa shape index (κ3) is 5.59. The van der Waals surface area contributed by atoms with Crippen molar-refractivity contribution in [3.8, 4) is 16.9 Å². The molecule has 7 heteroatoms. The summed E-state index contributed by atoms with van der Waals surface area (Å²) in [5.41, 5.74) is 9.61. The predicted octanol–water partition coefficient (Wildman–Crippen LogP) is 6.36. The third-order valence-corrected chi connectivity index (χ3v) is 6.24. The summed E-state index contributed by atoms with van der Waals surface area (Å²) in [6.45, 7) is 2.12. The molecule has 4 aromatic rings. The van der Waals surface area contributed by atoms with E-state index < -0.39 is 0 Å². The lowest BCUT2D eigenvalue weighted by atomic mass is 10.1. The maximum atomic E-state index is 5.95. The zero-order chi connectivity index (χ0) is 25.7. The van der Waals surface area contributed by atoms with Gasteiger partial charge in [0.15, 0.2) is 0 Å². The predicted molar refractivity (Wildman–Crippen MR) is 152 cm³/mol. The van der Waals surface area contributed by atoms with Gasteiger partial charge in [-0.2, -0.15) is 0 Å². The Bertz CT molecular complexity index is 1680. The standard InChI is InChI=1S/C31H28N4O3/c1-36-11-12-37-13-14-38-29-4-2-3-21(15-29)30-19-28-18-26-8-7-24(33-26)16-22-5-6-23(32-22)17-25-9-10-27(34-25)20-31(30)35-28/h2-10,15-20,33,35H,11-14H2,1H3. The SMILES string of the molecule is COCCOCCOc1cccc(-c2cc3cc4ccc(cc5nc(cc6nc(cc2[nH]3)C=C6)C=C5)[nH]4)c1. The quantitative estimate of drug-likeness (QED) is 0.236. The van der Waals surface area contributed by atoms with Gasteiger partial charge in [-0.1, -0.05) is 12.1 Å². The maximum Gasteiger partial charge on any atom is 0.120 e. The number of benzene rings is 1. The van der Waals surface area contributed by atoms with Crippen molar-refractivity contribution in [1.82, 2.24) is 19.9 Å². The van der Waals surface area contributed by atoms with E-state index in [0.717, 1.165) is 61.7 Å². The largest absolute Gasteiger partial charge is 0.491 e. The Kier molecular flexibility index (Phi) is 6.85. The topological polar surface area (TPSA) is 85.0 Å². The molecule has 0 spiro atoms. The number of rotatable bonds is 8. The van der Waals surface area contributed by atoms with Crippen LogP contribution in [0.5, 0.6) is 5.75 Å².